The molecule has 0 bridgehead atoms. The molecule has 1 aromatic rings. The number of non-ortho nitro benzene ring substituents is 1. The molecule has 0 radical (unpaired) electrons. The average molecular weight is 312 g/mol. The van der Waals surface area contributed by atoms with Crippen molar-refractivity contribution in [3.63, 3.8) is 0 Å². The number of rotatable bonds is 3. The summed E-state index contributed by atoms with van der Waals surface area (Å²) in [6.07, 6.45) is -4.98. The van der Waals surface area contributed by atoms with E-state index in [1.807, 2.05) is 5.32 Å². The first kappa shape index (κ1) is 16.2. The SMILES string of the molecule is CC(N)(C(=O)Nc1cc([N+](=O)[O-])ccc1Cl)C(F)(F)F. The Balaban J connectivity index is 3.08. The molecule has 10 heteroatoms. The van der Waals surface area contributed by atoms with Crippen molar-refractivity contribution in [3.05, 3.63) is 33.3 Å². The lowest BCUT2D eigenvalue weighted by molar-refractivity contribution is -0.384. The number of nitrogens with zero attached hydrogens (tertiary/aromatic N) is 1. The predicted molar refractivity (Wildman–Crippen MR) is 65.4 cm³/mol. The molecule has 110 valence electrons. The molecule has 1 unspecified atom stereocenters. The van der Waals surface area contributed by atoms with Gasteiger partial charge in [0.25, 0.3) is 11.6 Å². The van der Waals surface area contributed by atoms with Crippen LogP contribution in [0.1, 0.15) is 6.92 Å². The lowest BCUT2D eigenvalue weighted by Crippen LogP contribution is -2.59. The van der Waals surface area contributed by atoms with Crippen molar-refractivity contribution in [2.45, 2.75) is 18.6 Å². The van der Waals surface area contributed by atoms with Crippen molar-refractivity contribution < 1.29 is 22.9 Å². The highest BCUT2D eigenvalue weighted by molar-refractivity contribution is 6.33. The zero-order valence-electron chi connectivity index (χ0n) is 9.99. The molecule has 0 saturated carbocycles. The van der Waals surface area contributed by atoms with Crippen LogP contribution in [0.3, 0.4) is 0 Å². The van der Waals surface area contributed by atoms with Gasteiger partial charge >= 0.3 is 6.18 Å². The number of nitro groups is 1. The van der Waals surface area contributed by atoms with E-state index < -0.39 is 28.2 Å². The fraction of sp³-hybridized carbons (Fsp3) is 0.300. The Hall–Kier alpha value is -1.87. The van der Waals surface area contributed by atoms with E-state index in [2.05, 4.69) is 0 Å². The third-order valence-corrected chi connectivity index (χ3v) is 2.80. The minimum atomic E-state index is -4.98. The lowest BCUT2D eigenvalue weighted by atomic mass is 10.0. The Kier molecular flexibility index (Phi) is 4.25. The molecule has 0 saturated heterocycles. The summed E-state index contributed by atoms with van der Waals surface area (Å²) in [6, 6.07) is 2.97. The van der Waals surface area contributed by atoms with Crippen molar-refractivity contribution >= 4 is 28.9 Å². The monoisotopic (exact) mass is 311 g/mol. The molecule has 1 rings (SSSR count). The van der Waals surface area contributed by atoms with E-state index in [-0.39, 0.29) is 10.7 Å². The minimum absolute atomic E-state index is 0.151. The highest BCUT2D eigenvalue weighted by Crippen LogP contribution is 2.31. The number of nitrogens with one attached hydrogen (secondary N) is 1. The number of amides is 1. The number of nitrogens with two attached hydrogens (primary N) is 1. The first-order valence-corrected chi connectivity index (χ1v) is 5.45. The maximum absolute atomic E-state index is 12.6. The molecule has 3 N–H and O–H groups in total. The van der Waals surface area contributed by atoms with Crippen LogP contribution in [0.5, 0.6) is 0 Å². The molecule has 0 aliphatic rings. The number of alkyl halides is 3. The van der Waals surface area contributed by atoms with E-state index in [4.69, 9.17) is 17.3 Å². The summed E-state index contributed by atoms with van der Waals surface area (Å²) in [4.78, 5) is 21.3. The summed E-state index contributed by atoms with van der Waals surface area (Å²) >= 11 is 5.65. The van der Waals surface area contributed by atoms with Crippen molar-refractivity contribution in [2.24, 2.45) is 5.73 Å². The number of halogens is 4. The van der Waals surface area contributed by atoms with E-state index in [0.29, 0.717) is 6.92 Å². The highest BCUT2D eigenvalue weighted by Gasteiger charge is 2.54. The van der Waals surface area contributed by atoms with E-state index in [1.165, 1.54) is 0 Å². The lowest BCUT2D eigenvalue weighted by Gasteiger charge is -2.26. The third kappa shape index (κ3) is 3.17. The van der Waals surface area contributed by atoms with E-state index >= 15 is 0 Å². The molecule has 1 atom stereocenters. The fourth-order valence-electron chi connectivity index (χ4n) is 1.10. The molecule has 6 nitrogen and oxygen atoms in total. The number of hydrogen-bond donors (Lipinski definition) is 2. The summed E-state index contributed by atoms with van der Waals surface area (Å²) in [7, 11) is 0. The van der Waals surface area contributed by atoms with Gasteiger partial charge in [-0.2, -0.15) is 13.2 Å². The zero-order chi connectivity index (χ0) is 15.7. The third-order valence-electron chi connectivity index (χ3n) is 2.47. The van der Waals surface area contributed by atoms with Gasteiger partial charge in [0.2, 0.25) is 0 Å². The quantitative estimate of drug-likeness (QED) is 0.661. The number of nitro benzene ring substituents is 1. The molecule has 20 heavy (non-hydrogen) atoms. The Bertz CT molecular complexity index is 560. The highest BCUT2D eigenvalue weighted by atomic mass is 35.5. The van der Waals surface area contributed by atoms with Gasteiger partial charge in [-0.15, -0.1) is 0 Å². The molecule has 0 aliphatic carbocycles. The van der Waals surface area contributed by atoms with Crippen LogP contribution in [-0.4, -0.2) is 22.5 Å². The molecular formula is C10H9ClF3N3O3. The molecular weight excluding hydrogens is 303 g/mol. The van der Waals surface area contributed by atoms with Gasteiger partial charge < -0.3 is 11.1 Å². The first-order chi connectivity index (χ1) is 8.96. The van der Waals surface area contributed by atoms with Crippen molar-refractivity contribution in [3.8, 4) is 0 Å². The van der Waals surface area contributed by atoms with Crippen LogP contribution in [0.25, 0.3) is 0 Å². The molecule has 0 fully saturated rings. The van der Waals surface area contributed by atoms with Crippen LogP contribution in [0, 0.1) is 10.1 Å². The van der Waals surface area contributed by atoms with Crippen LogP contribution < -0.4 is 11.1 Å². The molecule has 0 aliphatic heterocycles. The maximum Gasteiger partial charge on any atom is 0.415 e. The van der Waals surface area contributed by atoms with Gasteiger partial charge in [-0.05, 0) is 13.0 Å². The molecule has 1 amide bonds. The molecule has 0 spiro atoms. The number of carbonyl (C=O) groups is 1. The number of hydrogen-bond acceptors (Lipinski definition) is 4. The molecule has 1 aromatic carbocycles. The van der Waals surface area contributed by atoms with Crippen molar-refractivity contribution in [1.29, 1.82) is 0 Å². The van der Waals surface area contributed by atoms with E-state index in [1.54, 1.807) is 0 Å². The normalized spacial score (nSPS) is 14.5. The Labute approximate surface area is 115 Å². The van der Waals surface area contributed by atoms with Gasteiger partial charge in [0, 0.05) is 12.1 Å². The van der Waals surface area contributed by atoms with Gasteiger partial charge in [0.1, 0.15) is 0 Å². The second kappa shape index (κ2) is 5.25. The van der Waals surface area contributed by atoms with E-state index in [9.17, 15) is 28.1 Å². The summed E-state index contributed by atoms with van der Waals surface area (Å²) in [5, 5.41) is 12.2. The predicted octanol–water partition coefficient (Wildman–Crippen LogP) is 2.47. The number of anilines is 1. The summed E-state index contributed by atoms with van der Waals surface area (Å²) in [5.41, 5.74) is 1.01. The van der Waals surface area contributed by atoms with Crippen LogP contribution in [0.4, 0.5) is 24.5 Å². The second-order valence-electron chi connectivity index (χ2n) is 4.08. The Morgan fingerprint density at radius 3 is 2.45 bits per heavy atom. The Morgan fingerprint density at radius 2 is 2.00 bits per heavy atom. The topological polar surface area (TPSA) is 98.3 Å². The number of carbonyl (C=O) groups excluding carboxylic acids is 1. The van der Waals surface area contributed by atoms with Gasteiger partial charge in [-0.3, -0.25) is 14.9 Å². The van der Waals surface area contributed by atoms with Crippen LogP contribution in [0.2, 0.25) is 5.02 Å². The first-order valence-electron chi connectivity index (χ1n) is 5.08. The smallest absolute Gasteiger partial charge is 0.323 e. The van der Waals surface area contributed by atoms with Gasteiger partial charge in [0.15, 0.2) is 5.54 Å². The summed E-state index contributed by atoms with van der Waals surface area (Å²) in [5.74, 6) is -1.58. The second-order valence-corrected chi connectivity index (χ2v) is 4.48. The van der Waals surface area contributed by atoms with Crippen LogP contribution in [0.15, 0.2) is 18.2 Å². The maximum atomic E-state index is 12.6. The largest absolute Gasteiger partial charge is 0.415 e. The zero-order valence-corrected chi connectivity index (χ0v) is 10.7. The van der Waals surface area contributed by atoms with Gasteiger partial charge in [-0.25, -0.2) is 0 Å². The van der Waals surface area contributed by atoms with Gasteiger partial charge in [0.05, 0.1) is 15.6 Å². The van der Waals surface area contributed by atoms with Crippen molar-refractivity contribution in [1.82, 2.24) is 0 Å². The number of benzene rings is 1. The summed E-state index contributed by atoms with van der Waals surface area (Å²) < 4.78 is 37.7. The van der Waals surface area contributed by atoms with E-state index in [0.717, 1.165) is 18.2 Å². The van der Waals surface area contributed by atoms with Crippen LogP contribution in [-0.2, 0) is 4.79 Å². The molecule has 0 aromatic heterocycles. The van der Waals surface area contributed by atoms with Gasteiger partial charge in [-0.1, -0.05) is 11.6 Å². The van der Waals surface area contributed by atoms with Crippen molar-refractivity contribution in [2.75, 3.05) is 5.32 Å². The molecule has 0 heterocycles. The van der Waals surface area contributed by atoms with Crippen LogP contribution >= 0.6 is 11.6 Å². The Morgan fingerprint density at radius 1 is 1.45 bits per heavy atom. The fourth-order valence-corrected chi connectivity index (χ4v) is 1.27. The average Bonchev–Trinajstić information content (AvgIpc) is 2.29. The standard InChI is InChI=1S/C10H9ClF3N3O3/c1-9(15,10(12,13)14)8(18)16-7-4-5(17(19)20)2-3-6(7)11/h2-4H,15H2,1H3,(H,16,18). The summed E-state index contributed by atoms with van der Waals surface area (Å²) in [6.45, 7) is 0.480. The minimum Gasteiger partial charge on any atom is -0.323 e.